The summed E-state index contributed by atoms with van der Waals surface area (Å²) >= 11 is 0. The molecule has 0 fully saturated rings. The second-order valence-electron chi connectivity index (χ2n) is 3.88. The first-order chi connectivity index (χ1) is 8.74. The van der Waals surface area contributed by atoms with Gasteiger partial charge in [0.15, 0.2) is 0 Å². The Morgan fingerprint density at radius 2 is 1.89 bits per heavy atom. The number of amides is 1. The maximum absolute atomic E-state index is 10.8. The number of hydrogen-bond acceptors (Lipinski definition) is 3. The molecule has 18 heavy (non-hydrogen) atoms. The normalized spacial score (nSPS) is 10.0. The molecule has 0 unspecified atom stereocenters. The molecule has 2 N–H and O–H groups in total. The molecule has 1 heterocycles. The summed E-state index contributed by atoms with van der Waals surface area (Å²) in [7, 11) is 0. The number of carbonyl (C=O) groups is 1. The first-order valence-corrected chi connectivity index (χ1v) is 5.65. The Labute approximate surface area is 105 Å². The fourth-order valence-corrected chi connectivity index (χ4v) is 1.55. The SMILES string of the molecule is NC(=O)Cc1cccc(OCc2ccccc2)n1. The first kappa shape index (κ1) is 12.1. The summed E-state index contributed by atoms with van der Waals surface area (Å²) in [6.07, 6.45) is 0.128. The highest BCUT2D eigenvalue weighted by molar-refractivity contribution is 5.76. The Bertz CT molecular complexity index is 526. The molecule has 0 bridgehead atoms. The molecule has 0 atom stereocenters. The van der Waals surface area contributed by atoms with Gasteiger partial charge >= 0.3 is 0 Å². The van der Waals surface area contributed by atoms with Gasteiger partial charge in [-0.15, -0.1) is 0 Å². The summed E-state index contributed by atoms with van der Waals surface area (Å²) < 4.78 is 5.55. The molecule has 0 aliphatic carbocycles. The zero-order valence-electron chi connectivity index (χ0n) is 9.87. The zero-order valence-corrected chi connectivity index (χ0v) is 9.87. The minimum atomic E-state index is -0.400. The van der Waals surface area contributed by atoms with E-state index in [2.05, 4.69) is 4.98 Å². The van der Waals surface area contributed by atoms with Crippen LogP contribution in [0.2, 0.25) is 0 Å². The van der Waals surface area contributed by atoms with E-state index in [1.807, 2.05) is 30.3 Å². The lowest BCUT2D eigenvalue weighted by atomic mass is 10.2. The molecule has 0 aliphatic heterocycles. The van der Waals surface area contributed by atoms with Gasteiger partial charge in [-0.3, -0.25) is 4.79 Å². The predicted octanol–water partition coefficient (Wildman–Crippen LogP) is 1.69. The summed E-state index contributed by atoms with van der Waals surface area (Å²) in [5.41, 5.74) is 6.81. The molecule has 92 valence electrons. The average Bonchev–Trinajstić information content (AvgIpc) is 2.37. The van der Waals surface area contributed by atoms with Crippen LogP contribution >= 0.6 is 0 Å². The average molecular weight is 242 g/mol. The highest BCUT2D eigenvalue weighted by atomic mass is 16.5. The van der Waals surface area contributed by atoms with E-state index in [9.17, 15) is 4.79 Å². The molecule has 1 amide bonds. The van der Waals surface area contributed by atoms with Gasteiger partial charge < -0.3 is 10.5 Å². The molecule has 0 spiro atoms. The topological polar surface area (TPSA) is 65.2 Å². The lowest BCUT2D eigenvalue weighted by Crippen LogP contribution is -2.14. The lowest BCUT2D eigenvalue weighted by Gasteiger charge is -2.06. The fraction of sp³-hybridized carbons (Fsp3) is 0.143. The fourth-order valence-electron chi connectivity index (χ4n) is 1.55. The number of pyridine rings is 1. The number of nitrogens with two attached hydrogens (primary N) is 1. The quantitative estimate of drug-likeness (QED) is 0.867. The highest BCUT2D eigenvalue weighted by Crippen LogP contribution is 2.10. The van der Waals surface area contributed by atoms with Crippen molar-refractivity contribution in [2.45, 2.75) is 13.0 Å². The van der Waals surface area contributed by atoms with Crippen molar-refractivity contribution < 1.29 is 9.53 Å². The van der Waals surface area contributed by atoms with Crippen LogP contribution in [0.1, 0.15) is 11.3 Å². The number of rotatable bonds is 5. The van der Waals surface area contributed by atoms with E-state index in [-0.39, 0.29) is 6.42 Å². The number of aromatic nitrogens is 1. The molecule has 2 rings (SSSR count). The number of hydrogen-bond donors (Lipinski definition) is 1. The summed E-state index contributed by atoms with van der Waals surface area (Å²) in [4.78, 5) is 15.0. The summed E-state index contributed by atoms with van der Waals surface area (Å²) in [5.74, 6) is 0.0975. The van der Waals surface area contributed by atoms with Crippen molar-refractivity contribution in [2.75, 3.05) is 0 Å². The second-order valence-corrected chi connectivity index (χ2v) is 3.88. The van der Waals surface area contributed by atoms with Gasteiger partial charge in [0.05, 0.1) is 12.1 Å². The van der Waals surface area contributed by atoms with E-state index in [4.69, 9.17) is 10.5 Å². The monoisotopic (exact) mass is 242 g/mol. The van der Waals surface area contributed by atoms with Crippen LogP contribution < -0.4 is 10.5 Å². The molecule has 0 saturated carbocycles. The number of benzene rings is 1. The minimum absolute atomic E-state index is 0.128. The van der Waals surface area contributed by atoms with Crippen molar-refractivity contribution >= 4 is 5.91 Å². The molecule has 0 saturated heterocycles. The van der Waals surface area contributed by atoms with Crippen molar-refractivity contribution in [2.24, 2.45) is 5.73 Å². The molecule has 1 aromatic heterocycles. The van der Waals surface area contributed by atoms with E-state index in [1.165, 1.54) is 0 Å². The Morgan fingerprint density at radius 3 is 2.61 bits per heavy atom. The van der Waals surface area contributed by atoms with Gasteiger partial charge in [0.2, 0.25) is 11.8 Å². The molecule has 0 aliphatic rings. The predicted molar refractivity (Wildman–Crippen MR) is 67.9 cm³/mol. The van der Waals surface area contributed by atoms with E-state index in [1.54, 1.807) is 18.2 Å². The summed E-state index contributed by atoms with van der Waals surface area (Å²) in [6.45, 7) is 0.452. The Morgan fingerprint density at radius 1 is 1.11 bits per heavy atom. The number of primary amides is 1. The second kappa shape index (κ2) is 5.82. The van der Waals surface area contributed by atoms with Gasteiger partial charge in [0.1, 0.15) is 6.61 Å². The summed E-state index contributed by atoms with van der Waals surface area (Å²) in [5, 5.41) is 0. The van der Waals surface area contributed by atoms with E-state index < -0.39 is 5.91 Å². The van der Waals surface area contributed by atoms with Gasteiger partial charge in [0.25, 0.3) is 0 Å². The number of nitrogens with zero attached hydrogens (tertiary/aromatic N) is 1. The van der Waals surface area contributed by atoms with Gasteiger partial charge in [-0.05, 0) is 11.6 Å². The van der Waals surface area contributed by atoms with Crippen LogP contribution in [0.25, 0.3) is 0 Å². The van der Waals surface area contributed by atoms with Gasteiger partial charge in [-0.2, -0.15) is 0 Å². The summed E-state index contributed by atoms with van der Waals surface area (Å²) in [6, 6.07) is 15.1. The van der Waals surface area contributed by atoms with Crippen LogP contribution in [0.4, 0.5) is 0 Å². The van der Waals surface area contributed by atoms with Crippen molar-refractivity contribution in [3.63, 3.8) is 0 Å². The van der Waals surface area contributed by atoms with Gasteiger partial charge in [-0.25, -0.2) is 4.98 Å². The Hall–Kier alpha value is -2.36. The number of carbonyl (C=O) groups excluding carboxylic acids is 1. The molecular formula is C14H14N2O2. The van der Waals surface area contributed by atoms with Crippen LogP contribution in [-0.4, -0.2) is 10.9 Å². The molecular weight excluding hydrogens is 228 g/mol. The van der Waals surface area contributed by atoms with E-state index in [0.29, 0.717) is 18.2 Å². The van der Waals surface area contributed by atoms with Crippen LogP contribution in [0.3, 0.4) is 0 Å². The van der Waals surface area contributed by atoms with Crippen molar-refractivity contribution in [1.82, 2.24) is 4.98 Å². The van der Waals surface area contributed by atoms with Gasteiger partial charge in [0, 0.05) is 6.07 Å². The van der Waals surface area contributed by atoms with Crippen LogP contribution in [0.15, 0.2) is 48.5 Å². The molecule has 4 nitrogen and oxygen atoms in total. The zero-order chi connectivity index (χ0) is 12.8. The third kappa shape index (κ3) is 3.59. The lowest BCUT2D eigenvalue weighted by molar-refractivity contribution is -0.117. The van der Waals surface area contributed by atoms with Crippen LogP contribution in [-0.2, 0) is 17.8 Å². The Kier molecular flexibility index (Phi) is 3.91. The third-order valence-corrected chi connectivity index (χ3v) is 2.37. The highest BCUT2D eigenvalue weighted by Gasteiger charge is 2.02. The van der Waals surface area contributed by atoms with Crippen LogP contribution in [0.5, 0.6) is 5.88 Å². The van der Waals surface area contributed by atoms with E-state index in [0.717, 1.165) is 5.56 Å². The molecule has 1 aromatic carbocycles. The molecule has 4 heteroatoms. The standard InChI is InChI=1S/C14H14N2O2/c15-13(17)9-12-7-4-8-14(16-12)18-10-11-5-2-1-3-6-11/h1-8H,9-10H2,(H2,15,17). The first-order valence-electron chi connectivity index (χ1n) is 5.65. The van der Waals surface area contributed by atoms with Gasteiger partial charge in [-0.1, -0.05) is 36.4 Å². The van der Waals surface area contributed by atoms with Crippen LogP contribution in [0, 0.1) is 0 Å². The third-order valence-electron chi connectivity index (χ3n) is 2.37. The van der Waals surface area contributed by atoms with Crippen molar-refractivity contribution in [3.8, 4) is 5.88 Å². The number of ether oxygens (including phenoxy) is 1. The largest absolute Gasteiger partial charge is 0.473 e. The smallest absolute Gasteiger partial charge is 0.223 e. The molecule has 0 radical (unpaired) electrons. The minimum Gasteiger partial charge on any atom is -0.473 e. The maximum Gasteiger partial charge on any atom is 0.223 e. The van der Waals surface area contributed by atoms with E-state index >= 15 is 0 Å². The van der Waals surface area contributed by atoms with Crippen molar-refractivity contribution in [1.29, 1.82) is 0 Å². The maximum atomic E-state index is 10.8. The molecule has 2 aromatic rings. The van der Waals surface area contributed by atoms with Crippen molar-refractivity contribution in [3.05, 3.63) is 59.8 Å². The Balaban J connectivity index is 1.99.